The fraction of sp³-hybridized carbons (Fsp3) is 1.00. The second-order valence-corrected chi connectivity index (χ2v) is 5.99. The van der Waals surface area contributed by atoms with E-state index in [1.165, 1.54) is 25.7 Å². The Kier molecular flexibility index (Phi) is 1.63. The van der Waals surface area contributed by atoms with Crippen LogP contribution in [-0.4, -0.2) is 0 Å². The van der Waals surface area contributed by atoms with Crippen LogP contribution in [0.3, 0.4) is 0 Å². The maximum absolute atomic E-state index is 2.49. The van der Waals surface area contributed by atoms with Crippen molar-refractivity contribution < 1.29 is 0 Å². The van der Waals surface area contributed by atoms with Crippen LogP contribution in [0, 0.1) is 22.7 Å². The predicted octanol–water partition coefficient (Wildman–Crippen LogP) is 3.86. The molecule has 0 radical (unpaired) electrons. The standard InChI is InChI=1S/C12H22/c1-11(2)9-5-7-10(8-6-9)12(11,3)4/h9-10H,5-8H2,1-4H3. The van der Waals surface area contributed by atoms with Crippen LogP contribution in [0.15, 0.2) is 0 Å². The monoisotopic (exact) mass is 166 g/mol. The zero-order valence-corrected chi connectivity index (χ0v) is 8.98. The summed E-state index contributed by atoms with van der Waals surface area (Å²) in [5.74, 6) is 2.02. The van der Waals surface area contributed by atoms with Crippen LogP contribution in [0.4, 0.5) is 0 Å². The molecule has 0 spiro atoms. The van der Waals surface area contributed by atoms with Crippen molar-refractivity contribution in [2.75, 3.05) is 0 Å². The maximum atomic E-state index is 2.49. The van der Waals surface area contributed by atoms with Gasteiger partial charge < -0.3 is 0 Å². The van der Waals surface area contributed by atoms with Gasteiger partial charge in [-0.1, -0.05) is 27.7 Å². The Bertz CT molecular complexity index is 158. The van der Waals surface area contributed by atoms with Gasteiger partial charge in [0.25, 0.3) is 0 Å². The van der Waals surface area contributed by atoms with Crippen molar-refractivity contribution in [2.24, 2.45) is 22.7 Å². The zero-order chi connectivity index (χ0) is 8.98. The van der Waals surface area contributed by atoms with E-state index in [4.69, 9.17) is 0 Å². The van der Waals surface area contributed by atoms with Crippen molar-refractivity contribution in [1.29, 1.82) is 0 Å². The Hall–Kier alpha value is 0. The first kappa shape index (κ1) is 8.59. The first-order chi connectivity index (χ1) is 5.46. The van der Waals surface area contributed by atoms with E-state index in [0.29, 0.717) is 10.8 Å². The van der Waals surface area contributed by atoms with Crippen molar-refractivity contribution >= 4 is 0 Å². The molecule has 2 bridgehead atoms. The summed E-state index contributed by atoms with van der Waals surface area (Å²) in [6, 6.07) is 0. The molecule has 3 fully saturated rings. The minimum absolute atomic E-state index is 0.591. The minimum Gasteiger partial charge on any atom is -0.0591 e. The maximum Gasteiger partial charge on any atom is -0.0272 e. The normalized spacial score (nSPS) is 43.0. The Balaban J connectivity index is 2.35. The first-order valence-corrected chi connectivity index (χ1v) is 5.46. The fourth-order valence-electron chi connectivity index (χ4n) is 3.59. The molecule has 0 aromatic rings. The molecule has 0 atom stereocenters. The van der Waals surface area contributed by atoms with Gasteiger partial charge in [0.1, 0.15) is 0 Å². The van der Waals surface area contributed by atoms with Gasteiger partial charge in [-0.3, -0.25) is 0 Å². The molecule has 0 heteroatoms. The van der Waals surface area contributed by atoms with E-state index in [1.54, 1.807) is 0 Å². The predicted molar refractivity (Wildman–Crippen MR) is 53.0 cm³/mol. The lowest BCUT2D eigenvalue weighted by atomic mass is 9.45. The first-order valence-electron chi connectivity index (χ1n) is 5.46. The molecule has 0 amide bonds. The van der Waals surface area contributed by atoms with Gasteiger partial charge in [0.2, 0.25) is 0 Å². The van der Waals surface area contributed by atoms with Crippen LogP contribution in [0.1, 0.15) is 53.4 Å². The van der Waals surface area contributed by atoms with Crippen molar-refractivity contribution in [3.05, 3.63) is 0 Å². The second kappa shape index (κ2) is 2.27. The van der Waals surface area contributed by atoms with Crippen LogP contribution in [0.2, 0.25) is 0 Å². The third kappa shape index (κ3) is 0.843. The highest BCUT2D eigenvalue weighted by molar-refractivity contribution is 5.03. The molecule has 0 nitrogen and oxygen atoms in total. The average molecular weight is 166 g/mol. The molecule has 0 saturated heterocycles. The third-order valence-electron chi connectivity index (χ3n) is 5.43. The summed E-state index contributed by atoms with van der Waals surface area (Å²) >= 11 is 0. The molecule has 3 aliphatic rings. The SMILES string of the molecule is CC1(C)C2CCC(CC2)C1(C)C. The number of hydrogen-bond acceptors (Lipinski definition) is 0. The van der Waals surface area contributed by atoms with Crippen LogP contribution >= 0.6 is 0 Å². The molecule has 0 aromatic heterocycles. The molecule has 0 aromatic carbocycles. The van der Waals surface area contributed by atoms with E-state index >= 15 is 0 Å². The van der Waals surface area contributed by atoms with Gasteiger partial charge in [0.15, 0.2) is 0 Å². The Morgan fingerprint density at radius 2 is 0.917 bits per heavy atom. The van der Waals surface area contributed by atoms with Gasteiger partial charge in [-0.15, -0.1) is 0 Å². The van der Waals surface area contributed by atoms with E-state index < -0.39 is 0 Å². The average Bonchev–Trinajstić information content (AvgIpc) is 2.02. The van der Waals surface area contributed by atoms with Crippen molar-refractivity contribution in [3.63, 3.8) is 0 Å². The Labute approximate surface area is 76.7 Å². The highest BCUT2D eigenvalue weighted by Crippen LogP contribution is 2.62. The van der Waals surface area contributed by atoms with Crippen LogP contribution in [0.25, 0.3) is 0 Å². The molecule has 12 heavy (non-hydrogen) atoms. The number of fused-ring (bicyclic) bond motifs is 3. The summed E-state index contributed by atoms with van der Waals surface area (Å²) in [7, 11) is 0. The lowest BCUT2D eigenvalue weighted by Crippen LogP contribution is -2.51. The number of hydrogen-bond donors (Lipinski definition) is 0. The minimum atomic E-state index is 0.591. The van der Waals surface area contributed by atoms with Crippen molar-refractivity contribution in [2.45, 2.75) is 53.4 Å². The summed E-state index contributed by atoms with van der Waals surface area (Å²) < 4.78 is 0. The molecular weight excluding hydrogens is 144 g/mol. The third-order valence-corrected chi connectivity index (χ3v) is 5.43. The summed E-state index contributed by atoms with van der Waals surface area (Å²) in [5.41, 5.74) is 1.18. The van der Waals surface area contributed by atoms with Gasteiger partial charge >= 0.3 is 0 Å². The van der Waals surface area contributed by atoms with Crippen LogP contribution in [0.5, 0.6) is 0 Å². The van der Waals surface area contributed by atoms with Crippen molar-refractivity contribution in [1.82, 2.24) is 0 Å². The largest absolute Gasteiger partial charge is 0.0591 e. The Morgan fingerprint density at radius 1 is 0.667 bits per heavy atom. The van der Waals surface area contributed by atoms with Gasteiger partial charge in [0, 0.05) is 0 Å². The quantitative estimate of drug-likeness (QED) is 0.512. The van der Waals surface area contributed by atoms with E-state index in [-0.39, 0.29) is 0 Å². The van der Waals surface area contributed by atoms with Crippen molar-refractivity contribution in [3.8, 4) is 0 Å². The zero-order valence-electron chi connectivity index (χ0n) is 8.98. The Morgan fingerprint density at radius 3 is 1.08 bits per heavy atom. The van der Waals surface area contributed by atoms with Gasteiger partial charge in [-0.25, -0.2) is 0 Å². The second-order valence-electron chi connectivity index (χ2n) is 5.99. The molecule has 3 aliphatic carbocycles. The molecule has 0 aliphatic heterocycles. The molecule has 3 rings (SSSR count). The highest BCUT2D eigenvalue weighted by Gasteiger charge is 2.53. The molecule has 0 unspecified atom stereocenters. The molecule has 0 heterocycles. The molecule has 70 valence electrons. The molecular formula is C12H22. The number of rotatable bonds is 0. The highest BCUT2D eigenvalue weighted by atomic mass is 14.6. The summed E-state index contributed by atoms with van der Waals surface area (Å²) in [6.07, 6.45) is 6.00. The summed E-state index contributed by atoms with van der Waals surface area (Å²) in [4.78, 5) is 0. The lowest BCUT2D eigenvalue weighted by molar-refractivity contribution is -0.104. The van der Waals surface area contributed by atoms with E-state index in [1.807, 2.05) is 0 Å². The summed E-state index contributed by atoms with van der Waals surface area (Å²) in [6.45, 7) is 9.96. The van der Waals surface area contributed by atoms with Gasteiger partial charge in [-0.2, -0.15) is 0 Å². The van der Waals surface area contributed by atoms with Gasteiger partial charge in [-0.05, 0) is 48.3 Å². The summed E-state index contributed by atoms with van der Waals surface area (Å²) in [5, 5.41) is 0. The smallest absolute Gasteiger partial charge is 0.0272 e. The van der Waals surface area contributed by atoms with E-state index in [2.05, 4.69) is 27.7 Å². The van der Waals surface area contributed by atoms with Crippen LogP contribution < -0.4 is 0 Å². The molecule has 0 N–H and O–H groups in total. The van der Waals surface area contributed by atoms with E-state index in [9.17, 15) is 0 Å². The topological polar surface area (TPSA) is 0 Å². The lowest BCUT2D eigenvalue weighted by Gasteiger charge is -2.60. The fourth-order valence-corrected chi connectivity index (χ4v) is 3.59. The van der Waals surface area contributed by atoms with Crippen LogP contribution in [-0.2, 0) is 0 Å². The van der Waals surface area contributed by atoms with Gasteiger partial charge in [0.05, 0.1) is 0 Å². The van der Waals surface area contributed by atoms with E-state index in [0.717, 1.165) is 11.8 Å². The molecule has 3 saturated carbocycles.